The Hall–Kier alpha value is -2.29. The van der Waals surface area contributed by atoms with Crippen molar-refractivity contribution < 1.29 is 39.5 Å². The van der Waals surface area contributed by atoms with Crippen molar-refractivity contribution >= 4 is 17.5 Å². The maximum atomic E-state index is 12.8. The third kappa shape index (κ3) is 1.94. The lowest BCUT2D eigenvalue weighted by atomic mass is 9.61. The molecule has 2 aliphatic rings. The van der Waals surface area contributed by atoms with Crippen LogP contribution in [0.25, 0.3) is 0 Å². The van der Waals surface area contributed by atoms with Gasteiger partial charge in [-0.15, -0.1) is 0 Å². The molecular formula is C16H16O8. The van der Waals surface area contributed by atoms with Crippen LogP contribution >= 0.6 is 0 Å². The van der Waals surface area contributed by atoms with Crippen molar-refractivity contribution in [2.24, 2.45) is 0 Å². The molecule has 1 aliphatic heterocycles. The van der Waals surface area contributed by atoms with Gasteiger partial charge in [0, 0.05) is 12.0 Å². The van der Waals surface area contributed by atoms with Crippen molar-refractivity contribution in [1.29, 1.82) is 0 Å². The molecule has 128 valence electrons. The quantitative estimate of drug-likeness (QED) is 0.586. The molecule has 0 aromatic heterocycles. The van der Waals surface area contributed by atoms with Gasteiger partial charge in [0.05, 0.1) is 24.2 Å². The molecule has 8 heteroatoms. The summed E-state index contributed by atoms with van der Waals surface area (Å²) in [7, 11) is 0. The lowest BCUT2D eigenvalue weighted by Crippen LogP contribution is -2.75. The number of aliphatic hydroxyl groups is 2. The number of ether oxygens (including phenoxy) is 1. The molecule has 0 spiro atoms. The average Bonchev–Trinajstić information content (AvgIpc) is 2.49. The first-order valence-electron chi connectivity index (χ1n) is 7.36. The number of phenolic OH excluding ortho intramolecular Hbond substituents is 1. The topological polar surface area (TPSA) is 141 Å². The molecule has 0 radical (unpaired) electrons. The van der Waals surface area contributed by atoms with Gasteiger partial charge >= 0.3 is 5.97 Å². The Bertz CT molecular complexity index is 756. The first-order chi connectivity index (χ1) is 11.1. The fourth-order valence-corrected chi connectivity index (χ4v) is 3.59. The lowest BCUT2D eigenvalue weighted by molar-refractivity contribution is -0.228. The summed E-state index contributed by atoms with van der Waals surface area (Å²) in [6.07, 6.45) is -3.42. The first-order valence-corrected chi connectivity index (χ1v) is 7.36. The Morgan fingerprint density at radius 3 is 2.58 bits per heavy atom. The smallest absolute Gasteiger partial charge is 0.305 e. The minimum absolute atomic E-state index is 0.213. The van der Waals surface area contributed by atoms with Crippen LogP contribution in [-0.4, -0.2) is 61.4 Å². The maximum absolute atomic E-state index is 12.8. The largest absolute Gasteiger partial charge is 0.507 e. The van der Waals surface area contributed by atoms with Crippen LogP contribution in [0.15, 0.2) is 18.2 Å². The Morgan fingerprint density at radius 1 is 1.29 bits per heavy atom. The molecule has 1 fully saturated rings. The number of hydrogen-bond acceptors (Lipinski definition) is 7. The highest BCUT2D eigenvalue weighted by atomic mass is 16.5. The molecule has 1 aromatic rings. The molecule has 4 atom stereocenters. The van der Waals surface area contributed by atoms with E-state index in [9.17, 15) is 29.7 Å². The number of aliphatic carboxylic acids is 1. The van der Waals surface area contributed by atoms with Gasteiger partial charge in [0.1, 0.15) is 5.75 Å². The fraction of sp³-hybridized carbons (Fsp3) is 0.438. The van der Waals surface area contributed by atoms with Gasteiger partial charge in [-0.3, -0.25) is 14.4 Å². The third-order valence-electron chi connectivity index (χ3n) is 4.78. The van der Waals surface area contributed by atoms with E-state index >= 15 is 0 Å². The summed E-state index contributed by atoms with van der Waals surface area (Å²) in [6, 6.07) is 3.79. The first kappa shape index (κ1) is 16.6. The zero-order chi connectivity index (χ0) is 17.9. The summed E-state index contributed by atoms with van der Waals surface area (Å²) in [5.74, 6) is -3.66. The van der Waals surface area contributed by atoms with E-state index in [2.05, 4.69) is 0 Å². The standard InChI is InChI=1S/C16H16O8/c1-7-16(23)14(21)12-9(3-2-4-10(12)17)13(20)15(16,22)6-8(24-7)5-11(18)19/h2-4,7-8,17,22-23H,5-6H2,1H3,(H,18,19). The van der Waals surface area contributed by atoms with E-state index in [4.69, 9.17) is 9.84 Å². The molecule has 3 rings (SSSR count). The van der Waals surface area contributed by atoms with Gasteiger partial charge in [0.15, 0.2) is 17.0 Å². The van der Waals surface area contributed by atoms with Gasteiger partial charge < -0.3 is 25.2 Å². The Labute approximate surface area is 136 Å². The van der Waals surface area contributed by atoms with E-state index in [-0.39, 0.29) is 11.1 Å². The van der Waals surface area contributed by atoms with Gasteiger partial charge in [-0.1, -0.05) is 12.1 Å². The van der Waals surface area contributed by atoms with Gasteiger partial charge in [-0.2, -0.15) is 0 Å². The highest BCUT2D eigenvalue weighted by Crippen LogP contribution is 2.47. The van der Waals surface area contributed by atoms with Gasteiger partial charge in [0.25, 0.3) is 0 Å². The number of carbonyl (C=O) groups excluding carboxylic acids is 2. The fourth-order valence-electron chi connectivity index (χ4n) is 3.59. The van der Waals surface area contributed by atoms with Crippen LogP contribution in [0.5, 0.6) is 5.75 Å². The molecule has 0 bridgehead atoms. The summed E-state index contributed by atoms with van der Waals surface area (Å²) in [5, 5.41) is 40.6. The van der Waals surface area contributed by atoms with Crippen LogP contribution < -0.4 is 0 Å². The van der Waals surface area contributed by atoms with Crippen LogP contribution in [0.4, 0.5) is 0 Å². The van der Waals surface area contributed by atoms with Gasteiger partial charge in [-0.05, 0) is 13.0 Å². The van der Waals surface area contributed by atoms with E-state index in [0.29, 0.717) is 0 Å². The van der Waals surface area contributed by atoms with Crippen molar-refractivity contribution in [1.82, 2.24) is 0 Å². The molecule has 4 unspecified atom stereocenters. The Morgan fingerprint density at radius 2 is 1.96 bits per heavy atom. The molecular weight excluding hydrogens is 320 g/mol. The zero-order valence-electron chi connectivity index (χ0n) is 12.7. The molecule has 1 saturated heterocycles. The number of hydrogen-bond donors (Lipinski definition) is 4. The van der Waals surface area contributed by atoms with E-state index in [0.717, 1.165) is 0 Å². The van der Waals surface area contributed by atoms with Crippen LogP contribution in [0, 0.1) is 0 Å². The van der Waals surface area contributed by atoms with Crippen molar-refractivity contribution in [2.75, 3.05) is 0 Å². The number of ketones is 2. The molecule has 4 N–H and O–H groups in total. The number of fused-ring (bicyclic) bond motifs is 2. The molecule has 0 amide bonds. The summed E-state index contributed by atoms with van der Waals surface area (Å²) in [4.78, 5) is 36.4. The molecule has 1 heterocycles. The van der Waals surface area contributed by atoms with Gasteiger partial charge in [-0.25, -0.2) is 0 Å². The number of phenols is 1. The minimum atomic E-state index is -2.61. The summed E-state index contributed by atoms with van der Waals surface area (Å²) < 4.78 is 5.36. The summed E-state index contributed by atoms with van der Waals surface area (Å²) >= 11 is 0. The normalized spacial score (nSPS) is 35.3. The Kier molecular flexibility index (Phi) is 3.52. The van der Waals surface area contributed by atoms with Crippen molar-refractivity contribution in [3.8, 4) is 5.75 Å². The summed E-state index contributed by atoms with van der Waals surface area (Å²) in [6.45, 7) is 1.27. The van der Waals surface area contributed by atoms with Crippen LogP contribution in [0.3, 0.4) is 0 Å². The average molecular weight is 336 g/mol. The zero-order valence-corrected chi connectivity index (χ0v) is 12.7. The predicted octanol–water partition coefficient (Wildman–Crippen LogP) is -0.114. The minimum Gasteiger partial charge on any atom is -0.507 e. The second-order valence-corrected chi connectivity index (χ2v) is 6.19. The predicted molar refractivity (Wildman–Crippen MR) is 77.9 cm³/mol. The number of carboxylic acid groups (broad SMARTS) is 1. The summed E-state index contributed by atoms with van der Waals surface area (Å²) in [5.41, 5.74) is -5.72. The molecule has 8 nitrogen and oxygen atoms in total. The number of carboxylic acids is 1. The second-order valence-electron chi connectivity index (χ2n) is 6.19. The van der Waals surface area contributed by atoms with Crippen LogP contribution in [0.1, 0.15) is 40.5 Å². The highest BCUT2D eigenvalue weighted by molar-refractivity contribution is 6.23. The van der Waals surface area contributed by atoms with Crippen LogP contribution in [0.2, 0.25) is 0 Å². The van der Waals surface area contributed by atoms with E-state index in [1.807, 2.05) is 0 Å². The number of aromatic hydroxyl groups is 1. The van der Waals surface area contributed by atoms with Crippen LogP contribution in [-0.2, 0) is 9.53 Å². The Balaban J connectivity index is 2.18. The maximum Gasteiger partial charge on any atom is 0.305 e. The SMILES string of the molecule is CC1OC(CC(=O)O)CC2(O)C(=O)c3cccc(O)c3C(=O)C12O. The monoisotopic (exact) mass is 336 g/mol. The van der Waals surface area contributed by atoms with E-state index < -0.39 is 59.5 Å². The molecule has 1 aromatic carbocycles. The number of rotatable bonds is 2. The number of carbonyl (C=O) groups is 3. The molecule has 1 aliphatic carbocycles. The molecule has 24 heavy (non-hydrogen) atoms. The van der Waals surface area contributed by atoms with E-state index in [1.165, 1.54) is 25.1 Å². The van der Waals surface area contributed by atoms with Gasteiger partial charge in [0.2, 0.25) is 5.78 Å². The lowest BCUT2D eigenvalue weighted by Gasteiger charge is -2.52. The van der Waals surface area contributed by atoms with Crippen molar-refractivity contribution in [3.63, 3.8) is 0 Å². The van der Waals surface area contributed by atoms with E-state index in [1.54, 1.807) is 0 Å². The molecule has 0 saturated carbocycles. The highest BCUT2D eigenvalue weighted by Gasteiger charge is 2.69. The number of benzene rings is 1. The number of Topliss-reactive ketones (excluding diaryl/α,β-unsaturated/α-hetero) is 2. The van der Waals surface area contributed by atoms with Crippen molar-refractivity contribution in [2.45, 2.75) is 43.2 Å². The van der Waals surface area contributed by atoms with Crippen molar-refractivity contribution in [3.05, 3.63) is 29.3 Å². The third-order valence-corrected chi connectivity index (χ3v) is 4.78. The second kappa shape index (κ2) is 5.10.